The van der Waals surface area contributed by atoms with Crippen molar-refractivity contribution in [2.75, 3.05) is 19.3 Å². The number of nitrogens with zero attached hydrogens (tertiary/aromatic N) is 1. The second kappa shape index (κ2) is 7.77. The molecule has 0 saturated carbocycles. The van der Waals surface area contributed by atoms with Gasteiger partial charge in [-0.1, -0.05) is 0 Å². The van der Waals surface area contributed by atoms with Gasteiger partial charge in [0.2, 0.25) is 11.8 Å². The van der Waals surface area contributed by atoms with Crippen LogP contribution in [0.1, 0.15) is 20.3 Å². The smallest absolute Gasteiger partial charge is 0.407 e. The summed E-state index contributed by atoms with van der Waals surface area (Å²) in [6.07, 6.45) is -0.870. The Kier molecular flexibility index (Phi) is 5.93. The molecule has 0 unspecified atom stereocenters. The Balaban J connectivity index is 2.04. The first-order valence-corrected chi connectivity index (χ1v) is 8.81. The van der Waals surface area contributed by atoms with Gasteiger partial charge in [0.05, 0.1) is 12.0 Å². The molecule has 2 aliphatic heterocycles. The topological polar surface area (TPSA) is 125 Å². The molecule has 3 N–H and O–H groups in total. The molecular weight excluding hydrogens is 350 g/mol. The Labute approximate surface area is 149 Å². The summed E-state index contributed by atoms with van der Waals surface area (Å²) in [4.78, 5) is 48.0. The number of alkyl carbamates (subject to hydrolysis) is 1. The SMILES string of the molecule is CNC(=O)O[C@@H](C)[C@@H]1C(=O)N2C(C(=O)O)=C(SCCNC(C)=O)C[C@H]12. The maximum Gasteiger partial charge on any atom is 0.407 e. The number of amides is 3. The number of rotatable bonds is 7. The van der Waals surface area contributed by atoms with Crippen LogP contribution in [-0.4, -0.2) is 65.4 Å². The third kappa shape index (κ3) is 3.89. The molecule has 0 aliphatic carbocycles. The maximum atomic E-state index is 12.4. The van der Waals surface area contributed by atoms with E-state index >= 15 is 0 Å². The van der Waals surface area contributed by atoms with Crippen LogP contribution >= 0.6 is 11.8 Å². The van der Waals surface area contributed by atoms with Crippen molar-refractivity contribution in [3.05, 3.63) is 10.6 Å². The molecule has 0 aromatic heterocycles. The third-order valence-corrected chi connectivity index (χ3v) is 5.24. The number of thioether (sulfide) groups is 1. The molecular formula is C15H21N3O6S. The number of nitrogens with one attached hydrogen (secondary N) is 2. The fourth-order valence-electron chi connectivity index (χ4n) is 3.05. The van der Waals surface area contributed by atoms with Crippen LogP contribution in [0.2, 0.25) is 0 Å². The average Bonchev–Trinajstić information content (AvgIpc) is 2.85. The molecule has 0 radical (unpaired) electrons. The minimum Gasteiger partial charge on any atom is -0.477 e. The molecule has 25 heavy (non-hydrogen) atoms. The van der Waals surface area contributed by atoms with Crippen LogP contribution in [0.4, 0.5) is 4.79 Å². The van der Waals surface area contributed by atoms with E-state index < -0.39 is 24.1 Å². The van der Waals surface area contributed by atoms with Crippen LogP contribution in [0.15, 0.2) is 10.6 Å². The molecule has 0 bridgehead atoms. The van der Waals surface area contributed by atoms with Gasteiger partial charge in [-0.2, -0.15) is 0 Å². The van der Waals surface area contributed by atoms with Gasteiger partial charge in [0.15, 0.2) is 0 Å². The first-order chi connectivity index (χ1) is 11.8. The molecule has 3 atom stereocenters. The van der Waals surface area contributed by atoms with Gasteiger partial charge >= 0.3 is 12.1 Å². The molecule has 0 spiro atoms. The first kappa shape index (κ1) is 19.1. The second-order valence-corrected chi connectivity index (χ2v) is 6.96. The molecule has 138 valence electrons. The zero-order valence-electron chi connectivity index (χ0n) is 14.2. The van der Waals surface area contributed by atoms with Crippen molar-refractivity contribution in [2.24, 2.45) is 5.92 Å². The molecule has 2 heterocycles. The fourth-order valence-corrected chi connectivity index (χ4v) is 4.11. The third-order valence-electron chi connectivity index (χ3n) is 4.13. The normalized spacial score (nSPS) is 22.8. The van der Waals surface area contributed by atoms with Crippen LogP contribution < -0.4 is 10.6 Å². The van der Waals surface area contributed by atoms with Gasteiger partial charge in [0.25, 0.3) is 0 Å². The van der Waals surface area contributed by atoms with Crippen molar-refractivity contribution >= 4 is 35.6 Å². The van der Waals surface area contributed by atoms with Gasteiger partial charge in [-0.25, -0.2) is 9.59 Å². The predicted octanol–water partition coefficient (Wildman–Crippen LogP) is 0.127. The summed E-state index contributed by atoms with van der Waals surface area (Å²) in [7, 11) is 1.42. The lowest BCUT2D eigenvalue weighted by Crippen LogP contribution is -2.62. The minimum atomic E-state index is -1.16. The van der Waals surface area contributed by atoms with Crippen LogP contribution in [0.25, 0.3) is 0 Å². The Morgan fingerprint density at radius 1 is 1.44 bits per heavy atom. The number of aliphatic carboxylic acids is 1. The van der Waals surface area contributed by atoms with E-state index in [1.807, 2.05) is 0 Å². The van der Waals surface area contributed by atoms with Gasteiger partial charge in [-0.05, 0) is 6.92 Å². The molecule has 10 heteroatoms. The van der Waals surface area contributed by atoms with E-state index in [-0.39, 0.29) is 23.6 Å². The van der Waals surface area contributed by atoms with Crippen molar-refractivity contribution in [1.82, 2.24) is 15.5 Å². The molecule has 1 saturated heterocycles. The molecule has 9 nitrogen and oxygen atoms in total. The van der Waals surface area contributed by atoms with Crippen molar-refractivity contribution in [3.63, 3.8) is 0 Å². The summed E-state index contributed by atoms with van der Waals surface area (Å²) in [6, 6.07) is -0.318. The average molecular weight is 371 g/mol. The van der Waals surface area contributed by atoms with Gasteiger partial charge in [-0.15, -0.1) is 11.8 Å². The molecule has 2 rings (SSSR count). The molecule has 3 amide bonds. The van der Waals surface area contributed by atoms with E-state index in [1.165, 1.54) is 30.6 Å². The summed E-state index contributed by atoms with van der Waals surface area (Å²) in [5, 5.41) is 14.4. The minimum absolute atomic E-state index is 0.00813. The van der Waals surface area contributed by atoms with E-state index in [4.69, 9.17) is 4.74 Å². The predicted molar refractivity (Wildman–Crippen MR) is 89.5 cm³/mol. The van der Waals surface area contributed by atoms with Crippen molar-refractivity contribution in [3.8, 4) is 0 Å². The van der Waals surface area contributed by atoms with Gasteiger partial charge < -0.3 is 25.4 Å². The maximum absolute atomic E-state index is 12.4. The van der Waals surface area contributed by atoms with Crippen molar-refractivity contribution < 1.29 is 29.0 Å². The first-order valence-electron chi connectivity index (χ1n) is 7.83. The fraction of sp³-hybridized carbons (Fsp3) is 0.600. The second-order valence-electron chi connectivity index (χ2n) is 5.77. The van der Waals surface area contributed by atoms with Crippen molar-refractivity contribution in [1.29, 1.82) is 0 Å². The number of carbonyl (C=O) groups is 4. The highest BCUT2D eigenvalue weighted by molar-refractivity contribution is 8.03. The van der Waals surface area contributed by atoms with E-state index in [2.05, 4.69) is 10.6 Å². The lowest BCUT2D eigenvalue weighted by atomic mass is 9.83. The summed E-state index contributed by atoms with van der Waals surface area (Å²) >= 11 is 1.31. The van der Waals surface area contributed by atoms with Gasteiger partial charge in [-0.3, -0.25) is 9.59 Å². The largest absolute Gasteiger partial charge is 0.477 e. The lowest BCUT2D eigenvalue weighted by Gasteiger charge is -2.45. The number of ether oxygens (including phenoxy) is 1. The van der Waals surface area contributed by atoms with Crippen LogP contribution in [0.5, 0.6) is 0 Å². The number of hydrogen-bond donors (Lipinski definition) is 3. The summed E-state index contributed by atoms with van der Waals surface area (Å²) < 4.78 is 5.12. The van der Waals surface area contributed by atoms with E-state index in [9.17, 15) is 24.3 Å². The zero-order chi connectivity index (χ0) is 18.7. The van der Waals surface area contributed by atoms with Crippen LogP contribution in [-0.2, 0) is 19.1 Å². The Morgan fingerprint density at radius 3 is 2.68 bits per heavy atom. The quantitative estimate of drug-likeness (QED) is 0.429. The Hall–Kier alpha value is -2.23. The summed E-state index contributed by atoms with van der Waals surface area (Å²) in [5.74, 6) is -1.71. The molecule has 0 aromatic carbocycles. The number of carboxylic acid groups (broad SMARTS) is 1. The van der Waals surface area contributed by atoms with Gasteiger partial charge in [0, 0.05) is 37.6 Å². The summed E-state index contributed by atoms with van der Waals surface area (Å²) in [6.45, 7) is 3.44. The van der Waals surface area contributed by atoms with Crippen molar-refractivity contribution in [2.45, 2.75) is 32.4 Å². The summed E-state index contributed by atoms with van der Waals surface area (Å²) in [5.41, 5.74) is -0.00813. The number of hydrogen-bond acceptors (Lipinski definition) is 6. The monoisotopic (exact) mass is 371 g/mol. The highest BCUT2D eigenvalue weighted by Crippen LogP contribution is 2.47. The molecule has 0 aromatic rings. The number of fused-ring (bicyclic) bond motifs is 1. The number of β-lactam (4-membered cyclic amide) rings is 1. The van der Waals surface area contributed by atoms with E-state index in [0.29, 0.717) is 23.6 Å². The lowest BCUT2D eigenvalue weighted by molar-refractivity contribution is -0.161. The Bertz CT molecular complexity index is 635. The standard InChI is InChI=1S/C15H21N3O6S/c1-7(24-15(23)16-3)11-9-6-10(25-5-4-17-8(2)19)12(14(21)22)18(9)13(11)20/h7,9,11H,4-6H2,1-3H3,(H,16,23)(H,17,19)(H,21,22)/t7-,9+,11-/m0/s1. The van der Waals surface area contributed by atoms with Crippen LogP contribution in [0, 0.1) is 5.92 Å². The van der Waals surface area contributed by atoms with E-state index in [0.717, 1.165) is 0 Å². The number of carboxylic acids is 1. The Morgan fingerprint density at radius 2 is 2.12 bits per heavy atom. The van der Waals surface area contributed by atoms with E-state index in [1.54, 1.807) is 6.92 Å². The molecule has 1 fully saturated rings. The zero-order valence-corrected chi connectivity index (χ0v) is 15.0. The number of carbonyl (C=O) groups excluding carboxylic acids is 3. The molecule has 2 aliphatic rings. The highest BCUT2D eigenvalue weighted by atomic mass is 32.2. The van der Waals surface area contributed by atoms with Gasteiger partial charge in [0.1, 0.15) is 11.8 Å². The van der Waals surface area contributed by atoms with Crippen LogP contribution in [0.3, 0.4) is 0 Å². The highest BCUT2D eigenvalue weighted by Gasteiger charge is 2.57.